The van der Waals surface area contributed by atoms with E-state index in [-0.39, 0.29) is 0 Å². The molecular formula is C48H36N4. The van der Waals surface area contributed by atoms with Crippen molar-refractivity contribution in [2.45, 2.75) is 6.92 Å². The molecule has 4 heteroatoms. The molecular weight excluding hydrogens is 633 g/mol. The van der Waals surface area contributed by atoms with Gasteiger partial charge in [-0.25, -0.2) is 15.0 Å². The van der Waals surface area contributed by atoms with E-state index in [4.69, 9.17) is 15.0 Å². The topological polar surface area (TPSA) is 42.5 Å². The van der Waals surface area contributed by atoms with Gasteiger partial charge < -0.3 is 0 Å². The van der Waals surface area contributed by atoms with E-state index < -0.39 is 0 Å². The molecule has 0 amide bonds. The Kier molecular flexibility index (Phi) is 9.02. The Hall–Kier alpha value is -6.91. The molecule has 8 rings (SSSR count). The zero-order valence-corrected chi connectivity index (χ0v) is 28.9. The van der Waals surface area contributed by atoms with Crippen LogP contribution in [0.1, 0.15) is 23.6 Å². The minimum Gasteiger partial charge on any atom is -0.292 e. The van der Waals surface area contributed by atoms with Gasteiger partial charge in [0.2, 0.25) is 0 Å². The van der Waals surface area contributed by atoms with Gasteiger partial charge in [0.25, 0.3) is 0 Å². The molecule has 0 bridgehead atoms. The molecule has 1 aromatic heterocycles. The molecule has 8 aromatic rings. The number of aromatic nitrogens is 2. The number of benzene rings is 7. The number of nitrogens with zero attached hydrogens (tertiary/aromatic N) is 4. The lowest BCUT2D eigenvalue weighted by Gasteiger charge is -2.11. The van der Waals surface area contributed by atoms with E-state index >= 15 is 0 Å². The molecule has 0 atom stereocenters. The van der Waals surface area contributed by atoms with E-state index in [0.29, 0.717) is 11.5 Å². The number of hydrogen-bond acceptors (Lipinski definition) is 2. The van der Waals surface area contributed by atoms with Crippen molar-refractivity contribution in [2.75, 3.05) is 0 Å². The first-order chi connectivity index (χ1) is 25.6. The SMILES string of the molecule is C=C(/N=C(\N=C(/C)c1cccc(-c2ccccc2)c1)c1cccc(-c2ccc(-c3nc4ccccc4n3-c3ccccc3)cc2)c1)c1ccccc1. The van der Waals surface area contributed by atoms with Gasteiger partial charge in [-0.3, -0.25) is 4.57 Å². The number of aliphatic imine (C=N–C) groups is 2. The maximum Gasteiger partial charge on any atom is 0.160 e. The average molecular weight is 669 g/mol. The second-order valence-corrected chi connectivity index (χ2v) is 12.6. The second-order valence-electron chi connectivity index (χ2n) is 12.6. The Morgan fingerprint density at radius 1 is 0.481 bits per heavy atom. The fourth-order valence-corrected chi connectivity index (χ4v) is 6.46. The smallest absolute Gasteiger partial charge is 0.160 e. The monoisotopic (exact) mass is 668 g/mol. The highest BCUT2D eigenvalue weighted by atomic mass is 15.1. The molecule has 0 fully saturated rings. The summed E-state index contributed by atoms with van der Waals surface area (Å²) in [5.41, 5.74) is 13.0. The molecule has 0 saturated carbocycles. The maximum absolute atomic E-state index is 5.16. The van der Waals surface area contributed by atoms with Crippen LogP contribution in [-0.4, -0.2) is 21.1 Å². The van der Waals surface area contributed by atoms with Gasteiger partial charge in [-0.05, 0) is 76.7 Å². The van der Waals surface area contributed by atoms with Gasteiger partial charge in [-0.1, -0.05) is 158 Å². The largest absolute Gasteiger partial charge is 0.292 e. The van der Waals surface area contributed by atoms with Crippen molar-refractivity contribution >= 4 is 28.3 Å². The van der Waals surface area contributed by atoms with E-state index in [0.717, 1.165) is 67.2 Å². The molecule has 0 N–H and O–H groups in total. The minimum absolute atomic E-state index is 0.603. The highest BCUT2D eigenvalue weighted by Crippen LogP contribution is 2.31. The van der Waals surface area contributed by atoms with Gasteiger partial charge >= 0.3 is 0 Å². The van der Waals surface area contributed by atoms with E-state index in [1.807, 2.05) is 55.5 Å². The van der Waals surface area contributed by atoms with Gasteiger partial charge in [0.15, 0.2) is 5.84 Å². The molecule has 7 aromatic carbocycles. The van der Waals surface area contributed by atoms with Crippen LogP contribution in [-0.2, 0) is 0 Å². The van der Waals surface area contributed by atoms with Gasteiger partial charge in [0.05, 0.1) is 16.7 Å². The third-order valence-electron chi connectivity index (χ3n) is 9.18. The minimum atomic E-state index is 0.603. The lowest BCUT2D eigenvalue weighted by molar-refractivity contribution is 1.10. The molecule has 248 valence electrons. The molecule has 0 spiro atoms. The number of hydrogen-bond donors (Lipinski definition) is 0. The molecule has 52 heavy (non-hydrogen) atoms. The van der Waals surface area contributed by atoms with Crippen molar-refractivity contribution < 1.29 is 0 Å². The van der Waals surface area contributed by atoms with Crippen molar-refractivity contribution in [3.63, 3.8) is 0 Å². The van der Waals surface area contributed by atoms with Crippen LogP contribution in [0.15, 0.2) is 205 Å². The Morgan fingerprint density at radius 2 is 1.00 bits per heavy atom. The summed E-state index contributed by atoms with van der Waals surface area (Å²) in [4.78, 5) is 15.2. The standard InChI is InChI=1S/C48H36N4/c1-34(36-16-6-3-7-17-36)49-47(50-35(2)40-20-14-21-41(32-40)37-18-8-4-9-19-37)43-23-15-22-42(33-43)38-28-30-39(31-29-38)48-51-45-26-12-13-27-46(45)52(48)44-24-10-5-11-25-44/h3-33H,1H2,2H3/b49-47-,50-35+. The van der Waals surface area contributed by atoms with Crippen molar-refractivity contribution in [2.24, 2.45) is 9.98 Å². The molecule has 4 nitrogen and oxygen atoms in total. The first-order valence-corrected chi connectivity index (χ1v) is 17.4. The van der Waals surface area contributed by atoms with E-state index in [9.17, 15) is 0 Å². The summed E-state index contributed by atoms with van der Waals surface area (Å²) in [5, 5.41) is 0. The van der Waals surface area contributed by atoms with Crippen LogP contribution in [0.25, 0.3) is 56.1 Å². The zero-order chi connectivity index (χ0) is 35.3. The number of fused-ring (bicyclic) bond motifs is 1. The molecule has 0 aliphatic carbocycles. The fraction of sp³-hybridized carbons (Fsp3) is 0.0208. The fourth-order valence-electron chi connectivity index (χ4n) is 6.46. The van der Waals surface area contributed by atoms with Crippen molar-refractivity contribution in [3.8, 4) is 39.3 Å². The Morgan fingerprint density at radius 3 is 1.71 bits per heavy atom. The second kappa shape index (κ2) is 14.5. The summed E-state index contributed by atoms with van der Waals surface area (Å²) in [6, 6.07) is 64.6. The van der Waals surface area contributed by atoms with Crippen LogP contribution in [0.4, 0.5) is 0 Å². The van der Waals surface area contributed by atoms with Crippen LogP contribution in [0.2, 0.25) is 0 Å². The zero-order valence-electron chi connectivity index (χ0n) is 28.9. The normalized spacial score (nSPS) is 11.9. The number of rotatable bonds is 8. The van der Waals surface area contributed by atoms with Crippen LogP contribution < -0.4 is 0 Å². The molecule has 0 unspecified atom stereocenters. The Bertz CT molecular complexity index is 2560. The summed E-state index contributed by atoms with van der Waals surface area (Å²) in [6.45, 7) is 6.36. The van der Waals surface area contributed by atoms with Crippen molar-refractivity contribution in [1.82, 2.24) is 9.55 Å². The first kappa shape index (κ1) is 32.3. The van der Waals surface area contributed by atoms with Crippen LogP contribution in [0.5, 0.6) is 0 Å². The van der Waals surface area contributed by atoms with E-state index in [1.54, 1.807) is 0 Å². The van der Waals surface area contributed by atoms with E-state index in [2.05, 4.69) is 151 Å². The van der Waals surface area contributed by atoms with Crippen LogP contribution in [0, 0.1) is 0 Å². The molecule has 0 radical (unpaired) electrons. The summed E-state index contributed by atoms with van der Waals surface area (Å²) in [7, 11) is 0. The average Bonchev–Trinajstić information content (AvgIpc) is 3.61. The summed E-state index contributed by atoms with van der Waals surface area (Å²) >= 11 is 0. The van der Waals surface area contributed by atoms with E-state index in [1.165, 1.54) is 5.56 Å². The highest BCUT2D eigenvalue weighted by Gasteiger charge is 2.15. The Balaban J connectivity index is 1.16. The van der Waals surface area contributed by atoms with Gasteiger partial charge in [-0.2, -0.15) is 0 Å². The third kappa shape index (κ3) is 6.78. The molecule has 1 heterocycles. The number of amidine groups is 1. The van der Waals surface area contributed by atoms with Crippen LogP contribution >= 0.6 is 0 Å². The number of para-hydroxylation sites is 3. The molecule has 0 saturated heterocycles. The van der Waals surface area contributed by atoms with Crippen molar-refractivity contribution in [1.29, 1.82) is 0 Å². The highest BCUT2D eigenvalue weighted by molar-refractivity contribution is 6.13. The predicted molar refractivity (Wildman–Crippen MR) is 218 cm³/mol. The third-order valence-corrected chi connectivity index (χ3v) is 9.18. The van der Waals surface area contributed by atoms with Crippen LogP contribution in [0.3, 0.4) is 0 Å². The molecule has 0 aliphatic rings. The number of imidazole rings is 1. The van der Waals surface area contributed by atoms with Crippen molar-refractivity contribution in [3.05, 3.63) is 211 Å². The quantitative estimate of drug-likeness (QED) is 0.117. The summed E-state index contributed by atoms with van der Waals surface area (Å²) in [5.74, 6) is 1.51. The molecule has 0 aliphatic heterocycles. The predicted octanol–water partition coefficient (Wildman–Crippen LogP) is 12.0. The lowest BCUT2D eigenvalue weighted by atomic mass is 10.0. The lowest BCUT2D eigenvalue weighted by Crippen LogP contribution is -2.05. The summed E-state index contributed by atoms with van der Waals surface area (Å²) in [6.07, 6.45) is 0. The van der Waals surface area contributed by atoms with Gasteiger partial charge in [-0.15, -0.1) is 0 Å². The first-order valence-electron chi connectivity index (χ1n) is 17.4. The summed E-state index contributed by atoms with van der Waals surface area (Å²) < 4.78 is 2.23. The maximum atomic E-state index is 5.16. The van der Waals surface area contributed by atoms with Gasteiger partial charge in [0, 0.05) is 22.5 Å². The van der Waals surface area contributed by atoms with Gasteiger partial charge in [0.1, 0.15) is 5.82 Å². The Labute approximate surface area is 304 Å².